The van der Waals surface area contributed by atoms with Crippen molar-refractivity contribution >= 4 is 11.6 Å². The van der Waals surface area contributed by atoms with Gasteiger partial charge in [-0.1, -0.05) is 13.0 Å². The SMILES string of the molecule is CCOc1c(C=C(C#N)C#N)c2ccccn2c1CC. The number of fused-ring (bicyclic) bond motifs is 1. The van der Waals surface area contributed by atoms with Crippen LogP contribution < -0.4 is 4.74 Å². The van der Waals surface area contributed by atoms with Crippen LogP contribution in [0.15, 0.2) is 30.0 Å². The molecule has 4 heteroatoms. The summed E-state index contributed by atoms with van der Waals surface area (Å²) in [4.78, 5) is 0. The molecular weight excluding hydrogens is 250 g/mol. The number of nitriles is 2. The number of pyridine rings is 1. The molecular formula is C16H15N3O. The highest BCUT2D eigenvalue weighted by Gasteiger charge is 2.17. The van der Waals surface area contributed by atoms with Gasteiger partial charge in [0.15, 0.2) is 0 Å². The van der Waals surface area contributed by atoms with Crippen LogP contribution in [0.5, 0.6) is 5.75 Å². The first-order valence-corrected chi connectivity index (χ1v) is 6.53. The Morgan fingerprint density at radius 3 is 2.65 bits per heavy atom. The second-order valence-electron chi connectivity index (χ2n) is 4.21. The Morgan fingerprint density at radius 1 is 1.30 bits per heavy atom. The second-order valence-corrected chi connectivity index (χ2v) is 4.21. The zero-order chi connectivity index (χ0) is 14.5. The van der Waals surface area contributed by atoms with Crippen LogP contribution in [0.2, 0.25) is 0 Å². The summed E-state index contributed by atoms with van der Waals surface area (Å²) in [7, 11) is 0. The van der Waals surface area contributed by atoms with Crippen LogP contribution in [0.1, 0.15) is 25.1 Å². The van der Waals surface area contributed by atoms with Gasteiger partial charge in [0, 0.05) is 11.8 Å². The summed E-state index contributed by atoms with van der Waals surface area (Å²) in [6, 6.07) is 9.63. The third kappa shape index (κ3) is 2.24. The maximum Gasteiger partial charge on any atom is 0.148 e. The van der Waals surface area contributed by atoms with Gasteiger partial charge in [-0.15, -0.1) is 0 Å². The van der Waals surface area contributed by atoms with E-state index in [0.717, 1.165) is 28.9 Å². The summed E-state index contributed by atoms with van der Waals surface area (Å²) >= 11 is 0. The van der Waals surface area contributed by atoms with E-state index in [-0.39, 0.29) is 5.57 Å². The van der Waals surface area contributed by atoms with E-state index in [2.05, 4.69) is 6.92 Å². The zero-order valence-corrected chi connectivity index (χ0v) is 11.6. The summed E-state index contributed by atoms with van der Waals surface area (Å²) in [6.45, 7) is 4.52. The third-order valence-electron chi connectivity index (χ3n) is 3.09. The van der Waals surface area contributed by atoms with E-state index in [1.54, 1.807) is 6.08 Å². The average molecular weight is 265 g/mol. The van der Waals surface area contributed by atoms with Crippen LogP contribution in [-0.4, -0.2) is 11.0 Å². The molecule has 20 heavy (non-hydrogen) atoms. The number of hydrogen-bond donors (Lipinski definition) is 0. The molecule has 0 radical (unpaired) electrons. The first-order valence-electron chi connectivity index (χ1n) is 6.53. The van der Waals surface area contributed by atoms with Crippen LogP contribution in [0.4, 0.5) is 0 Å². The summed E-state index contributed by atoms with van der Waals surface area (Å²) < 4.78 is 7.79. The van der Waals surface area contributed by atoms with Crippen molar-refractivity contribution in [2.45, 2.75) is 20.3 Å². The Balaban J connectivity index is 2.81. The topological polar surface area (TPSA) is 61.2 Å². The molecule has 0 amide bonds. The van der Waals surface area contributed by atoms with Crippen molar-refractivity contribution in [2.24, 2.45) is 0 Å². The van der Waals surface area contributed by atoms with Gasteiger partial charge < -0.3 is 9.14 Å². The molecule has 4 nitrogen and oxygen atoms in total. The molecule has 0 aromatic carbocycles. The largest absolute Gasteiger partial charge is 0.491 e. The van der Waals surface area contributed by atoms with Crippen molar-refractivity contribution in [3.63, 3.8) is 0 Å². The van der Waals surface area contributed by atoms with E-state index in [1.165, 1.54) is 0 Å². The average Bonchev–Trinajstić information content (AvgIpc) is 2.78. The smallest absolute Gasteiger partial charge is 0.148 e. The number of rotatable bonds is 4. The molecule has 0 aliphatic carbocycles. The molecule has 100 valence electrons. The van der Waals surface area contributed by atoms with Crippen molar-refractivity contribution in [1.29, 1.82) is 10.5 Å². The standard InChI is InChI=1S/C16H15N3O/c1-3-14-16(20-4-2)13(9-12(10-17)11-18)15-7-5-6-8-19(14)15/h5-9H,3-4H2,1-2H3. The maximum absolute atomic E-state index is 8.96. The molecule has 2 heterocycles. The van der Waals surface area contributed by atoms with Gasteiger partial charge in [0.1, 0.15) is 23.5 Å². The molecule has 2 aromatic rings. The molecule has 0 N–H and O–H groups in total. The Bertz CT molecular complexity index is 725. The molecule has 0 aliphatic heterocycles. The highest BCUT2D eigenvalue weighted by Crippen LogP contribution is 2.33. The number of aromatic nitrogens is 1. The van der Waals surface area contributed by atoms with Crippen molar-refractivity contribution in [3.8, 4) is 17.9 Å². The van der Waals surface area contributed by atoms with E-state index >= 15 is 0 Å². The van der Waals surface area contributed by atoms with Crippen LogP contribution in [0.3, 0.4) is 0 Å². The molecule has 0 saturated carbocycles. The maximum atomic E-state index is 8.96. The fraction of sp³-hybridized carbons (Fsp3) is 0.250. The van der Waals surface area contributed by atoms with E-state index in [4.69, 9.17) is 15.3 Å². The van der Waals surface area contributed by atoms with Gasteiger partial charge in [-0.3, -0.25) is 0 Å². The Labute approximate surface area is 118 Å². The number of hydrogen-bond acceptors (Lipinski definition) is 3. The molecule has 2 rings (SSSR count). The quantitative estimate of drug-likeness (QED) is 0.796. The van der Waals surface area contributed by atoms with Gasteiger partial charge in [0.25, 0.3) is 0 Å². The molecule has 2 aromatic heterocycles. The Hall–Kier alpha value is -2.72. The fourth-order valence-corrected chi connectivity index (χ4v) is 2.29. The van der Waals surface area contributed by atoms with Crippen LogP contribution in [-0.2, 0) is 6.42 Å². The van der Waals surface area contributed by atoms with Gasteiger partial charge >= 0.3 is 0 Å². The Morgan fingerprint density at radius 2 is 2.05 bits per heavy atom. The lowest BCUT2D eigenvalue weighted by Crippen LogP contribution is -1.96. The van der Waals surface area contributed by atoms with Gasteiger partial charge in [-0.05, 0) is 31.6 Å². The Kier molecular flexibility index (Phi) is 4.08. The van der Waals surface area contributed by atoms with Crippen LogP contribution >= 0.6 is 0 Å². The number of allylic oxidation sites excluding steroid dienone is 1. The van der Waals surface area contributed by atoms with Crippen LogP contribution in [0, 0.1) is 22.7 Å². The fourth-order valence-electron chi connectivity index (χ4n) is 2.29. The minimum atomic E-state index is 0.0740. The predicted molar refractivity (Wildman–Crippen MR) is 77.1 cm³/mol. The van der Waals surface area contributed by atoms with Gasteiger partial charge in [0.05, 0.1) is 17.8 Å². The van der Waals surface area contributed by atoms with Crippen molar-refractivity contribution in [3.05, 3.63) is 41.2 Å². The minimum Gasteiger partial charge on any atom is -0.491 e. The van der Waals surface area contributed by atoms with E-state index in [0.29, 0.717) is 6.61 Å². The summed E-state index contributed by atoms with van der Waals surface area (Å²) in [6.07, 6.45) is 4.37. The normalized spacial score (nSPS) is 9.80. The van der Waals surface area contributed by atoms with E-state index < -0.39 is 0 Å². The molecule has 0 saturated heterocycles. The molecule has 0 atom stereocenters. The second kappa shape index (κ2) is 5.95. The van der Waals surface area contributed by atoms with Gasteiger partial charge in [-0.25, -0.2) is 0 Å². The first kappa shape index (κ1) is 13.7. The number of nitrogens with zero attached hydrogens (tertiary/aromatic N) is 3. The predicted octanol–water partition coefficient (Wildman–Crippen LogP) is 3.33. The van der Waals surface area contributed by atoms with Crippen molar-refractivity contribution < 1.29 is 4.74 Å². The monoisotopic (exact) mass is 265 g/mol. The lowest BCUT2D eigenvalue weighted by atomic mass is 10.1. The van der Waals surface area contributed by atoms with Gasteiger partial charge in [0.2, 0.25) is 0 Å². The van der Waals surface area contributed by atoms with E-state index in [9.17, 15) is 0 Å². The lowest BCUT2D eigenvalue weighted by molar-refractivity contribution is 0.336. The van der Waals surface area contributed by atoms with E-state index in [1.807, 2.05) is 47.9 Å². The first-order chi connectivity index (χ1) is 9.76. The zero-order valence-electron chi connectivity index (χ0n) is 11.6. The third-order valence-corrected chi connectivity index (χ3v) is 3.09. The highest BCUT2D eigenvalue weighted by molar-refractivity contribution is 5.81. The minimum absolute atomic E-state index is 0.0740. The van der Waals surface area contributed by atoms with Crippen molar-refractivity contribution in [1.82, 2.24) is 4.40 Å². The number of ether oxygens (including phenoxy) is 1. The molecule has 0 unspecified atom stereocenters. The van der Waals surface area contributed by atoms with Crippen LogP contribution in [0.25, 0.3) is 11.6 Å². The summed E-state index contributed by atoms with van der Waals surface area (Å²) in [5, 5.41) is 17.9. The van der Waals surface area contributed by atoms with Gasteiger partial charge in [-0.2, -0.15) is 10.5 Å². The molecule has 0 fully saturated rings. The number of aryl methyl sites for hydroxylation is 1. The summed E-state index contributed by atoms with van der Waals surface area (Å²) in [5.41, 5.74) is 2.85. The van der Waals surface area contributed by atoms with Crippen molar-refractivity contribution in [2.75, 3.05) is 6.61 Å². The summed E-state index contributed by atoms with van der Waals surface area (Å²) in [5.74, 6) is 0.754. The molecule has 0 aliphatic rings. The molecule has 0 bridgehead atoms. The lowest BCUT2D eigenvalue weighted by Gasteiger charge is -2.05. The molecule has 0 spiro atoms. The highest BCUT2D eigenvalue weighted by atomic mass is 16.5.